The minimum atomic E-state index is -4.71. The Morgan fingerprint density at radius 1 is 0.887 bits per heavy atom. The van der Waals surface area contributed by atoms with Crippen molar-refractivity contribution in [3.8, 4) is 6.07 Å². The molecule has 18 heteroatoms. The minimum absolute atomic E-state index is 0.0207. The van der Waals surface area contributed by atoms with Gasteiger partial charge in [0, 0.05) is 76.6 Å². The first-order chi connectivity index (χ1) is 29.7. The number of pyridine rings is 1. The zero-order chi connectivity index (χ0) is 44.2. The lowest BCUT2D eigenvalue weighted by Crippen LogP contribution is -2.49. The predicted octanol–water partition coefficient (Wildman–Crippen LogP) is 5.39. The Balaban J connectivity index is 0.830. The molecular weight excluding hydrogens is 811 g/mol. The number of fused-ring (bicyclic) bond motifs is 1. The van der Waals surface area contributed by atoms with Crippen LogP contribution in [-0.2, 0) is 20.6 Å². The highest BCUT2D eigenvalue weighted by Crippen LogP contribution is 2.37. The van der Waals surface area contributed by atoms with E-state index in [1.54, 1.807) is 35.4 Å². The smallest absolute Gasteiger partial charge is 0.371 e. The fraction of sp³-hybridized carbons (Fsp3) is 0.477. The first kappa shape index (κ1) is 44.0. The summed E-state index contributed by atoms with van der Waals surface area (Å²) in [4.78, 5) is 76.9. The third-order valence-electron chi connectivity index (χ3n) is 12.6. The highest BCUT2D eigenvalue weighted by molar-refractivity contribution is 6.23. The van der Waals surface area contributed by atoms with Crippen LogP contribution in [0.15, 0.2) is 54.7 Å². The highest BCUT2D eigenvalue weighted by atomic mass is 19.4. The van der Waals surface area contributed by atoms with Gasteiger partial charge in [-0.05, 0) is 86.7 Å². The average Bonchev–Trinajstić information content (AvgIpc) is 3.52. The Morgan fingerprint density at radius 2 is 1.52 bits per heavy atom. The number of nitriles is 1. The molecule has 4 aliphatic heterocycles. The number of anilines is 4. The Kier molecular flexibility index (Phi) is 13.1. The number of imide groups is 2. The van der Waals surface area contributed by atoms with Gasteiger partial charge in [0.2, 0.25) is 12.3 Å². The summed E-state index contributed by atoms with van der Waals surface area (Å²) in [6.07, 6.45) is 0.631. The predicted molar refractivity (Wildman–Crippen MR) is 222 cm³/mol. The number of carbonyl (C=O) groups is 5. The maximum Gasteiger partial charge on any atom is 0.417 e. The number of nitrogens with one attached hydrogen (secondary N) is 2. The molecule has 3 fully saturated rings. The van der Waals surface area contributed by atoms with Crippen LogP contribution in [0.1, 0.15) is 83.7 Å². The topological polar surface area (TPSA) is 162 Å². The van der Waals surface area contributed by atoms with Crippen molar-refractivity contribution in [2.75, 3.05) is 78.9 Å². The second-order valence-electron chi connectivity index (χ2n) is 16.3. The number of rotatable bonds is 13. The van der Waals surface area contributed by atoms with E-state index in [1.807, 2.05) is 19.1 Å². The summed E-state index contributed by atoms with van der Waals surface area (Å²) in [5.41, 5.74) is -1.29. The van der Waals surface area contributed by atoms with Gasteiger partial charge in [-0.2, -0.15) is 18.4 Å². The van der Waals surface area contributed by atoms with Gasteiger partial charge in [0.15, 0.2) is 5.67 Å². The maximum absolute atomic E-state index is 15.8. The number of alkyl halides is 4. The maximum atomic E-state index is 15.8. The van der Waals surface area contributed by atoms with Crippen LogP contribution in [0.25, 0.3) is 0 Å². The summed E-state index contributed by atoms with van der Waals surface area (Å²) in [5.74, 6) is -1.83. The van der Waals surface area contributed by atoms with Crippen molar-refractivity contribution in [3.63, 3.8) is 0 Å². The lowest BCUT2D eigenvalue weighted by molar-refractivity contribution is -0.137. The fourth-order valence-electron chi connectivity index (χ4n) is 8.89. The van der Waals surface area contributed by atoms with Crippen LogP contribution in [0, 0.1) is 17.2 Å². The normalized spacial score (nSPS) is 18.9. The van der Waals surface area contributed by atoms with E-state index in [0.29, 0.717) is 12.3 Å². The molecule has 328 valence electrons. The lowest BCUT2D eigenvalue weighted by atomic mass is 9.91. The van der Waals surface area contributed by atoms with E-state index in [0.717, 1.165) is 93.5 Å². The molecule has 0 spiro atoms. The standard InChI is InChI=1S/C44H49F4N9O5/c1-2-3-37(39(59)51-28-58)57-40(60)34-8-6-31(24-35(34)41(57)61)56-22-20-53(21-23-56)15-10-29-11-16-54(17-12-29)33-7-9-38(50-27-33)52-42(62)43(45)13-18-55(19-14-43)32-5-4-30(26-49)36(25-32)44(46,47)48/h4-9,24-25,27-29,37H,2-3,10-23H2,1H3,(H,50,52,62)(H,51,58,59). The number of carbonyl (C=O) groups excluding carboxylic acids is 5. The number of halogens is 4. The fourth-order valence-corrected chi connectivity index (χ4v) is 8.89. The van der Waals surface area contributed by atoms with E-state index < -0.39 is 52.6 Å². The number of nitrogens with zero attached hydrogens (tertiary/aromatic N) is 7. The van der Waals surface area contributed by atoms with Crippen molar-refractivity contribution >= 4 is 52.9 Å². The summed E-state index contributed by atoms with van der Waals surface area (Å²) in [5, 5.41) is 13.7. The monoisotopic (exact) mass is 859 g/mol. The molecule has 1 aromatic heterocycles. The van der Waals surface area contributed by atoms with Crippen LogP contribution < -0.4 is 25.3 Å². The van der Waals surface area contributed by atoms with Crippen molar-refractivity contribution in [3.05, 3.63) is 77.0 Å². The molecule has 2 aromatic carbocycles. The Morgan fingerprint density at radius 3 is 2.15 bits per heavy atom. The Bertz CT molecular complexity index is 2210. The second-order valence-corrected chi connectivity index (χ2v) is 16.3. The second kappa shape index (κ2) is 18.5. The molecule has 3 saturated heterocycles. The van der Waals surface area contributed by atoms with Gasteiger partial charge in [-0.3, -0.25) is 39.1 Å². The van der Waals surface area contributed by atoms with Gasteiger partial charge in [0.25, 0.3) is 17.7 Å². The summed E-state index contributed by atoms with van der Waals surface area (Å²) in [6.45, 7) is 7.74. The lowest BCUT2D eigenvalue weighted by Gasteiger charge is -2.38. The molecule has 0 saturated carbocycles. The van der Waals surface area contributed by atoms with Gasteiger partial charge in [0.05, 0.1) is 40.2 Å². The summed E-state index contributed by atoms with van der Waals surface area (Å²) in [7, 11) is 0. The largest absolute Gasteiger partial charge is 0.417 e. The third kappa shape index (κ3) is 9.37. The van der Waals surface area contributed by atoms with Gasteiger partial charge in [0.1, 0.15) is 11.9 Å². The molecule has 1 atom stereocenters. The number of amides is 5. The number of piperidine rings is 2. The van der Waals surface area contributed by atoms with Gasteiger partial charge in [-0.1, -0.05) is 13.3 Å². The molecule has 3 aromatic rings. The first-order valence-corrected chi connectivity index (χ1v) is 21.0. The van der Waals surface area contributed by atoms with Crippen LogP contribution in [-0.4, -0.2) is 115 Å². The highest BCUT2D eigenvalue weighted by Gasteiger charge is 2.44. The van der Waals surface area contributed by atoms with Crippen LogP contribution in [0.2, 0.25) is 0 Å². The Hall–Kier alpha value is -6.09. The van der Waals surface area contributed by atoms with Crippen molar-refractivity contribution in [1.82, 2.24) is 20.1 Å². The summed E-state index contributed by atoms with van der Waals surface area (Å²) in [6, 6.07) is 12.6. The van der Waals surface area contributed by atoms with Crippen LogP contribution in [0.5, 0.6) is 0 Å². The quantitative estimate of drug-likeness (QED) is 0.129. The van der Waals surface area contributed by atoms with Crippen molar-refractivity contribution in [2.45, 2.75) is 69.8 Å². The van der Waals surface area contributed by atoms with E-state index >= 15 is 4.39 Å². The van der Waals surface area contributed by atoms with Gasteiger partial charge < -0.3 is 20.0 Å². The molecule has 0 radical (unpaired) electrons. The van der Waals surface area contributed by atoms with Gasteiger partial charge in [-0.15, -0.1) is 0 Å². The molecule has 7 rings (SSSR count). The number of hydrogen-bond donors (Lipinski definition) is 2. The van der Waals surface area contributed by atoms with Crippen molar-refractivity contribution in [2.24, 2.45) is 5.92 Å². The number of piperazine rings is 1. The van der Waals surface area contributed by atoms with Crippen molar-refractivity contribution < 1.29 is 41.5 Å². The van der Waals surface area contributed by atoms with E-state index in [9.17, 15) is 37.1 Å². The molecule has 1 unspecified atom stereocenters. The first-order valence-electron chi connectivity index (χ1n) is 21.0. The van der Waals surface area contributed by atoms with E-state index in [4.69, 9.17) is 5.26 Å². The van der Waals surface area contributed by atoms with E-state index in [1.165, 1.54) is 6.07 Å². The Labute approximate surface area is 356 Å². The van der Waals surface area contributed by atoms with Gasteiger partial charge in [-0.25, -0.2) is 9.37 Å². The van der Waals surface area contributed by atoms with E-state index in [2.05, 4.69) is 30.3 Å². The van der Waals surface area contributed by atoms with Crippen LogP contribution in [0.3, 0.4) is 0 Å². The summed E-state index contributed by atoms with van der Waals surface area (Å²) >= 11 is 0. The molecule has 5 amide bonds. The van der Waals surface area contributed by atoms with E-state index in [-0.39, 0.29) is 61.4 Å². The molecule has 2 N–H and O–H groups in total. The number of benzene rings is 2. The third-order valence-corrected chi connectivity index (χ3v) is 12.6. The zero-order valence-corrected chi connectivity index (χ0v) is 34.4. The SMILES string of the molecule is CCCC(C(=O)NC=O)N1C(=O)c2ccc(N3CCN(CCC4CCN(c5ccc(NC(=O)C6(F)CCN(c7ccc(C#N)c(C(F)(F)F)c7)CC6)nc5)CC4)CC3)cc2C1=O. The van der Waals surface area contributed by atoms with Crippen LogP contribution >= 0.6 is 0 Å². The number of hydrogen-bond acceptors (Lipinski definition) is 11. The minimum Gasteiger partial charge on any atom is -0.371 e. The number of aromatic nitrogens is 1. The molecule has 5 heterocycles. The molecule has 0 bridgehead atoms. The average molecular weight is 860 g/mol. The summed E-state index contributed by atoms with van der Waals surface area (Å²) < 4.78 is 56.2. The van der Waals surface area contributed by atoms with Crippen molar-refractivity contribution in [1.29, 1.82) is 5.26 Å². The zero-order valence-electron chi connectivity index (χ0n) is 34.4. The molecule has 14 nitrogen and oxygen atoms in total. The molecule has 0 aliphatic carbocycles. The molecular formula is C44H49F4N9O5. The van der Waals surface area contributed by atoms with Gasteiger partial charge >= 0.3 is 6.18 Å². The molecule has 4 aliphatic rings. The van der Waals surface area contributed by atoms with Crippen LogP contribution in [0.4, 0.5) is 40.4 Å². The molecule has 62 heavy (non-hydrogen) atoms.